The Hall–Kier alpha value is -1.91. The fraction of sp³-hybridized carbons (Fsp3) is 0.611. The van der Waals surface area contributed by atoms with Crippen molar-refractivity contribution in [2.24, 2.45) is 5.41 Å². The maximum absolute atomic E-state index is 11.6. The molecule has 1 saturated carbocycles. The second kappa shape index (κ2) is 6.30. The highest BCUT2D eigenvalue weighted by Crippen LogP contribution is 2.42. The maximum Gasteiger partial charge on any atom is 0.407 e. The number of amides is 1. The molecule has 1 aromatic carbocycles. The summed E-state index contributed by atoms with van der Waals surface area (Å²) in [7, 11) is 1.64. The average molecular weight is 319 g/mol. The van der Waals surface area contributed by atoms with E-state index in [2.05, 4.69) is 19.2 Å². The van der Waals surface area contributed by atoms with Gasteiger partial charge in [-0.05, 0) is 43.4 Å². The van der Waals surface area contributed by atoms with E-state index in [1.165, 1.54) is 12.8 Å². The predicted octanol–water partition coefficient (Wildman–Crippen LogP) is 3.82. The summed E-state index contributed by atoms with van der Waals surface area (Å²) in [6, 6.07) is 5.80. The Morgan fingerprint density at radius 3 is 2.65 bits per heavy atom. The standard InChI is InChI=1S/C18H25NO4/c1-18(2)11-19-17(20)23-16(18)12-8-9-14(21-3)15(10-12)22-13-6-4-5-7-13/h8-10,13,16H,4-7,11H2,1-3H3,(H,19,20). The summed E-state index contributed by atoms with van der Waals surface area (Å²) >= 11 is 0. The number of benzene rings is 1. The summed E-state index contributed by atoms with van der Waals surface area (Å²) < 4.78 is 17.1. The minimum Gasteiger partial charge on any atom is -0.493 e. The Labute approximate surface area is 137 Å². The molecule has 2 aliphatic rings. The highest BCUT2D eigenvalue weighted by Gasteiger charge is 2.39. The molecule has 0 radical (unpaired) electrons. The lowest BCUT2D eigenvalue weighted by atomic mass is 9.81. The van der Waals surface area contributed by atoms with Gasteiger partial charge in [0.25, 0.3) is 0 Å². The van der Waals surface area contributed by atoms with E-state index in [4.69, 9.17) is 14.2 Å². The SMILES string of the molecule is COc1ccc(C2OC(=O)NCC2(C)C)cc1OC1CCCC1. The summed E-state index contributed by atoms with van der Waals surface area (Å²) in [6.07, 6.45) is 4.18. The minimum absolute atomic E-state index is 0.187. The molecule has 126 valence electrons. The number of rotatable bonds is 4. The lowest BCUT2D eigenvalue weighted by molar-refractivity contribution is -0.00538. The molecule has 1 atom stereocenters. The van der Waals surface area contributed by atoms with Crippen LogP contribution in [-0.2, 0) is 4.74 Å². The van der Waals surface area contributed by atoms with Gasteiger partial charge in [0.1, 0.15) is 6.10 Å². The molecule has 23 heavy (non-hydrogen) atoms. The Morgan fingerprint density at radius 1 is 1.22 bits per heavy atom. The third-order valence-electron chi connectivity index (χ3n) is 4.71. The van der Waals surface area contributed by atoms with Crippen LogP contribution in [0.4, 0.5) is 4.79 Å². The zero-order valence-corrected chi connectivity index (χ0v) is 14.1. The Bertz CT molecular complexity index is 578. The van der Waals surface area contributed by atoms with Crippen LogP contribution in [0, 0.1) is 5.41 Å². The monoisotopic (exact) mass is 319 g/mol. The first kappa shape index (κ1) is 16.0. The molecule has 0 spiro atoms. The first-order valence-electron chi connectivity index (χ1n) is 8.29. The van der Waals surface area contributed by atoms with E-state index in [0.29, 0.717) is 6.54 Å². The Kier molecular flexibility index (Phi) is 4.37. The third kappa shape index (κ3) is 3.38. The van der Waals surface area contributed by atoms with E-state index >= 15 is 0 Å². The van der Waals surface area contributed by atoms with Gasteiger partial charge in [-0.1, -0.05) is 19.9 Å². The van der Waals surface area contributed by atoms with Crippen molar-refractivity contribution in [1.82, 2.24) is 5.32 Å². The van der Waals surface area contributed by atoms with Gasteiger partial charge in [0.05, 0.1) is 13.2 Å². The van der Waals surface area contributed by atoms with Gasteiger partial charge in [0, 0.05) is 12.0 Å². The molecule has 1 amide bonds. The van der Waals surface area contributed by atoms with Crippen LogP contribution >= 0.6 is 0 Å². The van der Waals surface area contributed by atoms with Crippen molar-refractivity contribution in [3.8, 4) is 11.5 Å². The smallest absolute Gasteiger partial charge is 0.407 e. The number of hydrogen-bond acceptors (Lipinski definition) is 4. The van der Waals surface area contributed by atoms with Crippen molar-refractivity contribution in [2.45, 2.75) is 51.7 Å². The van der Waals surface area contributed by atoms with Crippen LogP contribution < -0.4 is 14.8 Å². The fourth-order valence-electron chi connectivity index (χ4n) is 3.35. The van der Waals surface area contributed by atoms with Crippen LogP contribution in [0.25, 0.3) is 0 Å². The molecule has 0 bridgehead atoms. The summed E-state index contributed by atoms with van der Waals surface area (Å²) in [5, 5.41) is 2.75. The molecule has 3 rings (SSSR count). The maximum atomic E-state index is 11.6. The van der Waals surface area contributed by atoms with Crippen molar-refractivity contribution < 1.29 is 19.0 Å². The lowest BCUT2D eigenvalue weighted by Crippen LogP contribution is -2.46. The molecule has 1 aliphatic carbocycles. The quantitative estimate of drug-likeness (QED) is 0.916. The molecule has 1 N–H and O–H groups in total. The van der Waals surface area contributed by atoms with Crippen LogP contribution in [-0.4, -0.2) is 25.9 Å². The number of cyclic esters (lactones) is 1. The van der Waals surface area contributed by atoms with Gasteiger partial charge in [0.2, 0.25) is 0 Å². The largest absolute Gasteiger partial charge is 0.493 e. The lowest BCUT2D eigenvalue weighted by Gasteiger charge is -2.38. The fourth-order valence-corrected chi connectivity index (χ4v) is 3.35. The molecule has 1 heterocycles. The highest BCUT2D eigenvalue weighted by atomic mass is 16.6. The number of carbonyl (C=O) groups is 1. The van der Waals surface area contributed by atoms with Crippen molar-refractivity contribution in [1.29, 1.82) is 0 Å². The minimum atomic E-state index is -0.372. The van der Waals surface area contributed by atoms with Crippen molar-refractivity contribution in [3.63, 3.8) is 0 Å². The van der Waals surface area contributed by atoms with Gasteiger partial charge < -0.3 is 19.5 Å². The summed E-state index contributed by atoms with van der Waals surface area (Å²) in [5.41, 5.74) is 0.756. The first-order valence-corrected chi connectivity index (χ1v) is 8.29. The van der Waals surface area contributed by atoms with Crippen LogP contribution in [0.2, 0.25) is 0 Å². The van der Waals surface area contributed by atoms with Crippen LogP contribution in [0.15, 0.2) is 18.2 Å². The number of alkyl carbamates (subject to hydrolysis) is 1. The van der Waals surface area contributed by atoms with Crippen molar-refractivity contribution >= 4 is 6.09 Å². The predicted molar refractivity (Wildman–Crippen MR) is 86.9 cm³/mol. The molecule has 1 saturated heterocycles. The normalized spacial score (nSPS) is 24.0. The van der Waals surface area contributed by atoms with E-state index < -0.39 is 0 Å². The molecule has 1 aromatic rings. The molecule has 0 aromatic heterocycles. The van der Waals surface area contributed by atoms with E-state index in [-0.39, 0.29) is 23.7 Å². The van der Waals surface area contributed by atoms with E-state index in [0.717, 1.165) is 29.9 Å². The molecule has 1 aliphatic heterocycles. The topological polar surface area (TPSA) is 56.8 Å². The van der Waals surface area contributed by atoms with Gasteiger partial charge >= 0.3 is 6.09 Å². The number of methoxy groups -OCH3 is 1. The molecule has 5 nitrogen and oxygen atoms in total. The number of carbonyl (C=O) groups excluding carboxylic acids is 1. The second-order valence-corrected chi connectivity index (χ2v) is 7.06. The Balaban J connectivity index is 1.88. The summed E-state index contributed by atoms with van der Waals surface area (Å²) in [6.45, 7) is 4.75. The van der Waals surface area contributed by atoms with E-state index in [1.807, 2.05) is 18.2 Å². The number of hydrogen-bond donors (Lipinski definition) is 1. The van der Waals surface area contributed by atoms with E-state index in [1.54, 1.807) is 7.11 Å². The number of nitrogens with one attached hydrogen (secondary N) is 1. The van der Waals surface area contributed by atoms with Gasteiger partial charge in [-0.25, -0.2) is 4.79 Å². The van der Waals surface area contributed by atoms with Gasteiger partial charge in [0.15, 0.2) is 11.5 Å². The zero-order valence-electron chi connectivity index (χ0n) is 14.1. The van der Waals surface area contributed by atoms with Gasteiger partial charge in [-0.15, -0.1) is 0 Å². The average Bonchev–Trinajstić information content (AvgIpc) is 3.03. The first-order chi connectivity index (χ1) is 11.0. The van der Waals surface area contributed by atoms with Crippen LogP contribution in [0.5, 0.6) is 11.5 Å². The molecular formula is C18H25NO4. The highest BCUT2D eigenvalue weighted by molar-refractivity contribution is 5.68. The van der Waals surface area contributed by atoms with Crippen LogP contribution in [0.3, 0.4) is 0 Å². The van der Waals surface area contributed by atoms with Gasteiger partial charge in [-0.3, -0.25) is 0 Å². The zero-order chi connectivity index (χ0) is 16.4. The summed E-state index contributed by atoms with van der Waals surface area (Å²) in [4.78, 5) is 11.6. The number of ether oxygens (including phenoxy) is 3. The molecule has 1 unspecified atom stereocenters. The summed E-state index contributed by atoms with van der Waals surface area (Å²) in [5.74, 6) is 1.46. The Morgan fingerprint density at radius 2 is 1.96 bits per heavy atom. The second-order valence-electron chi connectivity index (χ2n) is 7.06. The third-order valence-corrected chi connectivity index (χ3v) is 4.71. The molecular weight excluding hydrogens is 294 g/mol. The van der Waals surface area contributed by atoms with Gasteiger partial charge in [-0.2, -0.15) is 0 Å². The molecule has 2 fully saturated rings. The van der Waals surface area contributed by atoms with Crippen molar-refractivity contribution in [3.05, 3.63) is 23.8 Å². The van der Waals surface area contributed by atoms with E-state index in [9.17, 15) is 4.79 Å². The van der Waals surface area contributed by atoms with Crippen molar-refractivity contribution in [2.75, 3.05) is 13.7 Å². The molecule has 5 heteroatoms. The van der Waals surface area contributed by atoms with Crippen LogP contribution in [0.1, 0.15) is 51.2 Å².